The van der Waals surface area contributed by atoms with Gasteiger partial charge < -0.3 is 0 Å². The van der Waals surface area contributed by atoms with E-state index in [0.717, 1.165) is 0 Å². The minimum absolute atomic E-state index is 0.487. The topological polar surface area (TPSA) is 0 Å². The Bertz CT molecular complexity index is 821. The Morgan fingerprint density at radius 3 is 2.27 bits per heavy atom. The van der Waals surface area contributed by atoms with Crippen LogP contribution in [0.5, 0.6) is 0 Å². The van der Waals surface area contributed by atoms with Gasteiger partial charge in [0.05, 0.1) is 0 Å². The van der Waals surface area contributed by atoms with Gasteiger partial charge in [-0.05, 0) is 41.5 Å². The first-order chi connectivity index (χ1) is 12.9. The van der Waals surface area contributed by atoms with Gasteiger partial charge in [-0.2, -0.15) is 0 Å². The third-order valence-corrected chi connectivity index (χ3v) is 5.72. The maximum atomic E-state index is 2.39. The van der Waals surface area contributed by atoms with Gasteiger partial charge in [0.1, 0.15) is 0 Å². The number of rotatable bonds is 8. The van der Waals surface area contributed by atoms with Crippen LogP contribution in [0.3, 0.4) is 0 Å². The van der Waals surface area contributed by atoms with E-state index in [-0.39, 0.29) is 0 Å². The van der Waals surface area contributed by atoms with Crippen LogP contribution in [0.1, 0.15) is 72.6 Å². The fraction of sp³-hybridized carbons (Fsp3) is 0.308. The molecule has 0 heteroatoms. The largest absolute Gasteiger partial charge is 0.0876 e. The van der Waals surface area contributed by atoms with Crippen LogP contribution in [0, 0.1) is 0 Å². The molecule has 2 aromatic carbocycles. The second kappa shape index (κ2) is 8.36. The van der Waals surface area contributed by atoms with Gasteiger partial charge in [0.25, 0.3) is 0 Å². The number of hydrogen-bond acceptors (Lipinski definition) is 0. The van der Waals surface area contributed by atoms with E-state index in [9.17, 15) is 0 Å². The second-order valence-electron chi connectivity index (χ2n) is 7.53. The minimum atomic E-state index is 0.487. The van der Waals surface area contributed by atoms with Crippen LogP contribution in [0.15, 0.2) is 72.8 Å². The quantitative estimate of drug-likeness (QED) is 0.344. The van der Waals surface area contributed by atoms with E-state index < -0.39 is 0 Å². The summed E-state index contributed by atoms with van der Waals surface area (Å²) in [5.74, 6) is 1.14. The molecular weight excluding hydrogens is 312 g/mol. The molecule has 2 unspecified atom stereocenters. The van der Waals surface area contributed by atoms with Crippen LogP contribution in [-0.2, 0) is 0 Å². The smallest absolute Gasteiger partial charge is 0.0207 e. The van der Waals surface area contributed by atoms with Crippen molar-refractivity contribution in [2.75, 3.05) is 0 Å². The highest BCUT2D eigenvalue weighted by Gasteiger charge is 2.15. The van der Waals surface area contributed by atoms with Gasteiger partial charge >= 0.3 is 0 Å². The Kier molecular flexibility index (Phi) is 5.50. The van der Waals surface area contributed by atoms with Crippen molar-refractivity contribution in [2.24, 2.45) is 0 Å². The van der Waals surface area contributed by atoms with Crippen molar-refractivity contribution in [3.63, 3.8) is 0 Å². The number of unbranched alkanes of at least 4 members (excludes halogenated alkanes) is 4. The number of fused-ring (bicyclic) bond motifs is 2. The van der Waals surface area contributed by atoms with Gasteiger partial charge in [-0.3, -0.25) is 0 Å². The molecule has 0 fully saturated rings. The average Bonchev–Trinajstić information content (AvgIpc) is 3.28. The molecule has 2 aliphatic rings. The molecule has 0 nitrogen and oxygen atoms in total. The molecule has 2 aliphatic carbocycles. The normalized spacial score (nSPS) is 20.0. The summed E-state index contributed by atoms with van der Waals surface area (Å²) in [5, 5.41) is 0. The number of benzene rings is 2. The van der Waals surface area contributed by atoms with E-state index >= 15 is 0 Å². The maximum absolute atomic E-state index is 2.39. The lowest BCUT2D eigenvalue weighted by molar-refractivity contribution is 0.596. The summed E-state index contributed by atoms with van der Waals surface area (Å²) in [6.45, 7) is 0. The molecule has 0 bridgehead atoms. The highest BCUT2D eigenvalue weighted by molar-refractivity contribution is 5.63. The molecule has 0 saturated heterocycles. The lowest BCUT2D eigenvalue weighted by Crippen LogP contribution is -1.93. The van der Waals surface area contributed by atoms with E-state index in [1.807, 2.05) is 0 Å². The third kappa shape index (κ3) is 3.90. The fourth-order valence-electron chi connectivity index (χ4n) is 4.24. The van der Waals surface area contributed by atoms with Crippen molar-refractivity contribution in [1.82, 2.24) is 0 Å². The SMILES string of the molecule is C(=CC1C=Cc2ccccc21)CCCCCCC1C=Cc2ccccc21. The molecule has 132 valence electrons. The molecule has 0 heterocycles. The van der Waals surface area contributed by atoms with Crippen molar-refractivity contribution >= 4 is 12.2 Å². The number of hydrogen-bond donors (Lipinski definition) is 0. The van der Waals surface area contributed by atoms with E-state index in [1.165, 1.54) is 60.8 Å². The standard InChI is InChI=1S/C26H28/c1(3-5-11-21-17-19-23-13-7-9-15-25(21)23)2-4-6-12-22-18-20-24-14-8-10-16-26(22)24/h5,7-11,13-22H,1-4,6,12H2. The highest BCUT2D eigenvalue weighted by Crippen LogP contribution is 2.34. The van der Waals surface area contributed by atoms with Crippen LogP contribution in [0.25, 0.3) is 12.2 Å². The Balaban J connectivity index is 1.12. The van der Waals surface area contributed by atoms with E-state index in [0.29, 0.717) is 11.8 Å². The first-order valence-corrected chi connectivity index (χ1v) is 10.1. The van der Waals surface area contributed by atoms with Gasteiger partial charge in [-0.1, -0.05) is 104 Å². The van der Waals surface area contributed by atoms with Gasteiger partial charge in [0.2, 0.25) is 0 Å². The summed E-state index contributed by atoms with van der Waals surface area (Å²) in [7, 11) is 0. The summed E-state index contributed by atoms with van der Waals surface area (Å²) in [6.07, 6.45) is 21.9. The molecule has 0 aliphatic heterocycles. The molecule has 0 N–H and O–H groups in total. The molecule has 0 saturated carbocycles. The lowest BCUT2D eigenvalue weighted by Gasteiger charge is -2.10. The van der Waals surface area contributed by atoms with Gasteiger partial charge in [-0.25, -0.2) is 0 Å². The zero-order valence-electron chi connectivity index (χ0n) is 15.5. The Hall–Kier alpha value is -2.34. The average molecular weight is 341 g/mol. The zero-order chi connectivity index (χ0) is 17.6. The van der Waals surface area contributed by atoms with E-state index in [1.54, 1.807) is 0 Å². The zero-order valence-corrected chi connectivity index (χ0v) is 15.5. The van der Waals surface area contributed by atoms with E-state index in [4.69, 9.17) is 0 Å². The maximum Gasteiger partial charge on any atom is 0.0207 e. The number of allylic oxidation sites excluding steroid dienone is 4. The first kappa shape index (κ1) is 17.1. The van der Waals surface area contributed by atoms with Crippen LogP contribution < -0.4 is 0 Å². The second-order valence-corrected chi connectivity index (χ2v) is 7.53. The summed E-state index contributed by atoms with van der Waals surface area (Å²) < 4.78 is 0. The first-order valence-electron chi connectivity index (χ1n) is 10.1. The summed E-state index contributed by atoms with van der Waals surface area (Å²) in [6, 6.07) is 17.6. The predicted molar refractivity (Wildman–Crippen MR) is 113 cm³/mol. The summed E-state index contributed by atoms with van der Waals surface area (Å²) >= 11 is 0. The highest BCUT2D eigenvalue weighted by atomic mass is 14.2. The Morgan fingerprint density at radius 1 is 0.692 bits per heavy atom. The summed E-state index contributed by atoms with van der Waals surface area (Å²) in [5.41, 5.74) is 5.78. The van der Waals surface area contributed by atoms with E-state index in [2.05, 4.69) is 85.0 Å². The molecule has 2 aromatic rings. The molecule has 4 rings (SSSR count). The minimum Gasteiger partial charge on any atom is -0.0876 e. The molecule has 26 heavy (non-hydrogen) atoms. The molecular formula is C26H28. The molecule has 0 radical (unpaired) electrons. The lowest BCUT2D eigenvalue weighted by atomic mass is 9.94. The van der Waals surface area contributed by atoms with Crippen molar-refractivity contribution in [1.29, 1.82) is 0 Å². The van der Waals surface area contributed by atoms with Gasteiger partial charge in [0.15, 0.2) is 0 Å². The predicted octanol–water partition coefficient (Wildman–Crippen LogP) is 7.50. The molecule has 2 atom stereocenters. The van der Waals surface area contributed by atoms with Crippen molar-refractivity contribution in [2.45, 2.75) is 50.4 Å². The van der Waals surface area contributed by atoms with Crippen LogP contribution in [0.4, 0.5) is 0 Å². The molecule has 0 amide bonds. The van der Waals surface area contributed by atoms with Crippen molar-refractivity contribution in [3.8, 4) is 0 Å². The van der Waals surface area contributed by atoms with Crippen LogP contribution in [0.2, 0.25) is 0 Å². The van der Waals surface area contributed by atoms with Crippen molar-refractivity contribution < 1.29 is 0 Å². The van der Waals surface area contributed by atoms with Gasteiger partial charge in [0, 0.05) is 11.8 Å². The van der Waals surface area contributed by atoms with Crippen LogP contribution in [-0.4, -0.2) is 0 Å². The Morgan fingerprint density at radius 2 is 1.38 bits per heavy atom. The summed E-state index contributed by atoms with van der Waals surface area (Å²) in [4.78, 5) is 0. The molecule has 0 spiro atoms. The Labute approximate surface area is 158 Å². The monoisotopic (exact) mass is 340 g/mol. The third-order valence-electron chi connectivity index (χ3n) is 5.72. The molecule has 0 aromatic heterocycles. The van der Waals surface area contributed by atoms with Crippen molar-refractivity contribution in [3.05, 3.63) is 95.1 Å². The fourth-order valence-corrected chi connectivity index (χ4v) is 4.24. The van der Waals surface area contributed by atoms with Gasteiger partial charge in [-0.15, -0.1) is 0 Å². The van der Waals surface area contributed by atoms with Crippen LogP contribution >= 0.6 is 0 Å².